The fraction of sp³-hybridized carbons (Fsp3) is 0.632. The third-order valence-corrected chi connectivity index (χ3v) is 4.17. The van der Waals surface area contributed by atoms with Crippen LogP contribution in [0.3, 0.4) is 0 Å². The Morgan fingerprint density at radius 1 is 1.27 bits per heavy atom. The van der Waals surface area contributed by atoms with E-state index >= 15 is 0 Å². The van der Waals surface area contributed by atoms with Gasteiger partial charge < -0.3 is 25.3 Å². The highest BCUT2D eigenvalue weighted by molar-refractivity contribution is 5.68. The lowest BCUT2D eigenvalue weighted by Crippen LogP contribution is -2.55. The van der Waals surface area contributed by atoms with Gasteiger partial charge in [0.1, 0.15) is 17.1 Å². The van der Waals surface area contributed by atoms with Gasteiger partial charge in [-0.05, 0) is 33.3 Å². The Balaban J connectivity index is 2.01. The number of nitrogens with two attached hydrogens (primary N) is 1. The number of methoxy groups -OCH3 is 2. The zero-order valence-electron chi connectivity index (χ0n) is 16.4. The number of nitrogens with one attached hydrogen (secondary N) is 1. The van der Waals surface area contributed by atoms with Gasteiger partial charge in [-0.2, -0.15) is 0 Å². The number of carbonyl (C=O) groups excluding carboxylic acids is 1. The third-order valence-electron chi connectivity index (χ3n) is 4.17. The van der Waals surface area contributed by atoms with Crippen molar-refractivity contribution in [1.29, 1.82) is 0 Å². The lowest BCUT2D eigenvalue weighted by Gasteiger charge is -2.37. The van der Waals surface area contributed by atoms with Gasteiger partial charge >= 0.3 is 6.09 Å². The van der Waals surface area contributed by atoms with Crippen molar-refractivity contribution in [3.8, 4) is 11.5 Å². The summed E-state index contributed by atoms with van der Waals surface area (Å²) in [6, 6.07) is 5.73. The fourth-order valence-corrected chi connectivity index (χ4v) is 3.16. The molecule has 1 saturated heterocycles. The highest BCUT2D eigenvalue weighted by Crippen LogP contribution is 2.26. The summed E-state index contributed by atoms with van der Waals surface area (Å²) in [5.74, 6) is 1.53. The van der Waals surface area contributed by atoms with Crippen LogP contribution in [0.4, 0.5) is 4.79 Å². The molecule has 146 valence electrons. The van der Waals surface area contributed by atoms with Crippen LogP contribution in [-0.4, -0.2) is 56.0 Å². The molecule has 2 atom stereocenters. The molecular weight excluding hydrogens is 334 g/mol. The highest BCUT2D eigenvalue weighted by Gasteiger charge is 2.28. The van der Waals surface area contributed by atoms with Crippen LogP contribution in [-0.2, 0) is 11.3 Å². The Hall–Kier alpha value is -1.99. The van der Waals surface area contributed by atoms with Gasteiger partial charge in [-0.3, -0.25) is 4.90 Å². The summed E-state index contributed by atoms with van der Waals surface area (Å²) in [6.45, 7) is 7.71. The van der Waals surface area contributed by atoms with Crippen molar-refractivity contribution < 1.29 is 19.0 Å². The van der Waals surface area contributed by atoms with E-state index in [9.17, 15) is 4.79 Å². The van der Waals surface area contributed by atoms with Crippen LogP contribution in [0.15, 0.2) is 18.2 Å². The Morgan fingerprint density at radius 3 is 2.62 bits per heavy atom. The van der Waals surface area contributed by atoms with E-state index in [1.54, 1.807) is 14.2 Å². The largest absolute Gasteiger partial charge is 0.497 e. The average molecular weight is 365 g/mol. The second-order valence-electron chi connectivity index (χ2n) is 7.71. The van der Waals surface area contributed by atoms with Gasteiger partial charge in [-0.1, -0.05) is 6.07 Å². The van der Waals surface area contributed by atoms with Crippen LogP contribution in [0, 0.1) is 0 Å². The molecule has 2 rings (SSSR count). The maximum absolute atomic E-state index is 12.0. The number of ether oxygens (including phenoxy) is 3. The molecular formula is C19H31N3O4. The van der Waals surface area contributed by atoms with E-state index in [1.165, 1.54) is 0 Å². The minimum Gasteiger partial charge on any atom is -0.497 e. The van der Waals surface area contributed by atoms with Crippen molar-refractivity contribution >= 4 is 6.09 Å². The van der Waals surface area contributed by atoms with E-state index in [2.05, 4.69) is 10.2 Å². The van der Waals surface area contributed by atoms with Crippen molar-refractivity contribution in [2.45, 2.75) is 51.4 Å². The highest BCUT2D eigenvalue weighted by atomic mass is 16.6. The quantitative estimate of drug-likeness (QED) is 0.831. The minimum absolute atomic E-state index is 0.00655. The van der Waals surface area contributed by atoms with E-state index < -0.39 is 11.7 Å². The number of piperidine rings is 1. The van der Waals surface area contributed by atoms with E-state index in [4.69, 9.17) is 19.9 Å². The zero-order chi connectivity index (χ0) is 19.3. The van der Waals surface area contributed by atoms with Gasteiger partial charge in [-0.25, -0.2) is 4.79 Å². The topological polar surface area (TPSA) is 86.1 Å². The maximum Gasteiger partial charge on any atom is 0.407 e. The van der Waals surface area contributed by atoms with Gasteiger partial charge in [0.15, 0.2) is 0 Å². The van der Waals surface area contributed by atoms with Crippen LogP contribution < -0.4 is 20.5 Å². The number of alkyl carbamates (subject to hydrolysis) is 1. The summed E-state index contributed by atoms with van der Waals surface area (Å²) < 4.78 is 16.1. The predicted octanol–water partition coefficient (Wildman–Crippen LogP) is 2.13. The average Bonchev–Trinajstić information content (AvgIpc) is 2.52. The summed E-state index contributed by atoms with van der Waals surface area (Å²) in [5, 5.41) is 2.93. The molecule has 0 saturated carbocycles. The number of nitrogens with zero attached hydrogens (tertiary/aromatic N) is 1. The zero-order valence-corrected chi connectivity index (χ0v) is 16.4. The van der Waals surface area contributed by atoms with Crippen LogP contribution in [0.5, 0.6) is 11.5 Å². The molecule has 26 heavy (non-hydrogen) atoms. The first kappa shape index (κ1) is 20.3. The number of hydrogen-bond donors (Lipinski definition) is 2. The van der Waals surface area contributed by atoms with Gasteiger partial charge in [0, 0.05) is 43.3 Å². The number of likely N-dealkylation sites (tertiary alicyclic amines) is 1. The molecule has 7 heteroatoms. The molecule has 0 unspecified atom stereocenters. The van der Waals surface area contributed by atoms with Crippen LogP contribution >= 0.6 is 0 Å². The molecule has 1 amide bonds. The number of amides is 1. The first-order valence-corrected chi connectivity index (χ1v) is 8.88. The van der Waals surface area contributed by atoms with Gasteiger partial charge in [-0.15, -0.1) is 0 Å². The molecule has 1 aliphatic rings. The summed E-state index contributed by atoms with van der Waals surface area (Å²) in [4.78, 5) is 14.3. The first-order valence-electron chi connectivity index (χ1n) is 8.88. The molecule has 1 aromatic rings. The van der Waals surface area contributed by atoms with Gasteiger partial charge in [0.05, 0.1) is 14.2 Å². The smallest absolute Gasteiger partial charge is 0.407 e. The number of rotatable bonds is 5. The summed E-state index contributed by atoms with van der Waals surface area (Å²) >= 11 is 0. The SMILES string of the molecule is COc1ccc(CN2C[C@@H](N)C[C@@H](NC(=O)OC(C)(C)C)C2)c(OC)c1. The van der Waals surface area contributed by atoms with Crippen LogP contribution in [0.25, 0.3) is 0 Å². The molecule has 1 aliphatic heterocycles. The van der Waals surface area contributed by atoms with E-state index in [1.807, 2.05) is 39.0 Å². The molecule has 1 fully saturated rings. The van der Waals surface area contributed by atoms with E-state index in [0.29, 0.717) is 13.1 Å². The van der Waals surface area contributed by atoms with Crippen molar-refractivity contribution in [2.24, 2.45) is 5.73 Å². The van der Waals surface area contributed by atoms with E-state index in [-0.39, 0.29) is 12.1 Å². The molecule has 0 aromatic heterocycles. The summed E-state index contributed by atoms with van der Waals surface area (Å²) in [6.07, 6.45) is 0.328. The van der Waals surface area contributed by atoms with Crippen molar-refractivity contribution in [2.75, 3.05) is 27.3 Å². The van der Waals surface area contributed by atoms with Crippen LogP contribution in [0.1, 0.15) is 32.8 Å². The minimum atomic E-state index is -0.517. The normalized spacial score (nSPS) is 21.2. The maximum atomic E-state index is 12.0. The molecule has 0 spiro atoms. The summed E-state index contributed by atoms with van der Waals surface area (Å²) in [5.41, 5.74) is 6.74. The number of benzene rings is 1. The number of carbonyl (C=O) groups is 1. The van der Waals surface area contributed by atoms with E-state index in [0.717, 1.165) is 30.0 Å². The Labute approximate surface area is 155 Å². The lowest BCUT2D eigenvalue weighted by molar-refractivity contribution is 0.0463. The standard InChI is InChI=1S/C19H31N3O4/c1-19(2,3)26-18(23)21-15-8-14(20)11-22(12-15)10-13-6-7-16(24-4)9-17(13)25-5/h6-7,9,14-15H,8,10-12,20H2,1-5H3,(H,21,23)/t14-,15+/m0/s1. The third kappa shape index (κ3) is 6.07. The van der Waals surface area contributed by atoms with Crippen LogP contribution in [0.2, 0.25) is 0 Å². The Morgan fingerprint density at radius 2 is 2.00 bits per heavy atom. The summed E-state index contributed by atoms with van der Waals surface area (Å²) in [7, 11) is 3.28. The van der Waals surface area contributed by atoms with Gasteiger partial charge in [0.2, 0.25) is 0 Å². The molecule has 1 heterocycles. The first-order chi connectivity index (χ1) is 12.2. The fourth-order valence-electron chi connectivity index (χ4n) is 3.16. The molecule has 0 aliphatic carbocycles. The predicted molar refractivity (Wildman–Crippen MR) is 101 cm³/mol. The Kier molecular flexibility index (Phi) is 6.72. The second kappa shape index (κ2) is 8.60. The van der Waals surface area contributed by atoms with Crippen molar-refractivity contribution in [1.82, 2.24) is 10.2 Å². The Bertz CT molecular complexity index is 615. The number of hydrogen-bond acceptors (Lipinski definition) is 6. The van der Waals surface area contributed by atoms with Gasteiger partial charge in [0.25, 0.3) is 0 Å². The molecule has 0 radical (unpaired) electrons. The molecule has 7 nitrogen and oxygen atoms in total. The monoisotopic (exact) mass is 365 g/mol. The molecule has 0 bridgehead atoms. The lowest BCUT2D eigenvalue weighted by atomic mass is 10.0. The molecule has 3 N–H and O–H groups in total. The second-order valence-corrected chi connectivity index (χ2v) is 7.71. The van der Waals surface area contributed by atoms with Crippen molar-refractivity contribution in [3.05, 3.63) is 23.8 Å². The molecule has 1 aromatic carbocycles. The van der Waals surface area contributed by atoms with Crippen molar-refractivity contribution in [3.63, 3.8) is 0 Å².